The van der Waals surface area contributed by atoms with E-state index >= 15 is 0 Å². The minimum atomic E-state index is 0.0597. The first-order chi connectivity index (χ1) is 8.20. The molecule has 1 saturated carbocycles. The monoisotopic (exact) mass is 232 g/mol. The first kappa shape index (κ1) is 10.6. The maximum Gasteiger partial charge on any atom is 0.167 e. The second-order valence-corrected chi connectivity index (χ2v) is 4.85. The Balaban J connectivity index is 1.87. The molecule has 4 heteroatoms. The summed E-state index contributed by atoms with van der Waals surface area (Å²) in [7, 11) is 1.66. The fourth-order valence-electron chi connectivity index (χ4n) is 2.05. The van der Waals surface area contributed by atoms with Crippen LogP contribution in [0.5, 0.6) is 5.75 Å². The standard InChI is InChI=1S/C13H16N2O2/c1-16-9-2-3-12-10(8-9)11(15-17-12)4-5-13(14)6-7-13/h2-3,8H,4-7,14H2,1H3. The molecular formula is C13H16N2O2. The van der Waals surface area contributed by atoms with Crippen molar-refractivity contribution in [1.82, 2.24) is 5.16 Å². The topological polar surface area (TPSA) is 61.3 Å². The first-order valence-corrected chi connectivity index (χ1v) is 5.91. The molecule has 2 N–H and O–H groups in total. The summed E-state index contributed by atoms with van der Waals surface area (Å²) >= 11 is 0. The maximum absolute atomic E-state index is 6.08. The summed E-state index contributed by atoms with van der Waals surface area (Å²) in [4.78, 5) is 0. The van der Waals surface area contributed by atoms with Crippen LogP contribution in [0.3, 0.4) is 0 Å². The Kier molecular flexibility index (Phi) is 2.33. The molecule has 17 heavy (non-hydrogen) atoms. The highest BCUT2D eigenvalue weighted by atomic mass is 16.5. The maximum atomic E-state index is 6.08. The Hall–Kier alpha value is -1.55. The van der Waals surface area contributed by atoms with E-state index in [1.165, 1.54) is 0 Å². The number of hydrogen-bond donors (Lipinski definition) is 1. The fraction of sp³-hybridized carbons (Fsp3) is 0.462. The Bertz CT molecular complexity index is 543. The lowest BCUT2D eigenvalue weighted by atomic mass is 10.1. The van der Waals surface area contributed by atoms with E-state index in [1.54, 1.807) is 7.11 Å². The van der Waals surface area contributed by atoms with Crippen molar-refractivity contribution in [2.45, 2.75) is 31.2 Å². The zero-order valence-electron chi connectivity index (χ0n) is 9.90. The van der Waals surface area contributed by atoms with E-state index < -0.39 is 0 Å². The minimum Gasteiger partial charge on any atom is -0.497 e. The van der Waals surface area contributed by atoms with Crippen LogP contribution in [0.25, 0.3) is 11.0 Å². The van der Waals surface area contributed by atoms with Gasteiger partial charge in [-0.1, -0.05) is 5.16 Å². The number of aryl methyl sites for hydroxylation is 1. The molecule has 0 bridgehead atoms. The predicted molar refractivity (Wildman–Crippen MR) is 65.0 cm³/mol. The van der Waals surface area contributed by atoms with E-state index in [9.17, 15) is 0 Å². The average molecular weight is 232 g/mol. The van der Waals surface area contributed by atoms with Crippen LogP contribution in [0.4, 0.5) is 0 Å². The van der Waals surface area contributed by atoms with Crippen LogP contribution in [0.15, 0.2) is 22.7 Å². The van der Waals surface area contributed by atoms with Gasteiger partial charge in [-0.15, -0.1) is 0 Å². The highest BCUT2D eigenvalue weighted by Crippen LogP contribution is 2.37. The second kappa shape index (κ2) is 3.74. The molecule has 0 amide bonds. The molecule has 0 radical (unpaired) electrons. The van der Waals surface area contributed by atoms with E-state index in [1.807, 2.05) is 18.2 Å². The van der Waals surface area contributed by atoms with Gasteiger partial charge in [0.25, 0.3) is 0 Å². The van der Waals surface area contributed by atoms with Crippen LogP contribution in [0.1, 0.15) is 25.0 Å². The number of ether oxygens (including phenoxy) is 1. The summed E-state index contributed by atoms with van der Waals surface area (Å²) in [6.07, 6.45) is 4.11. The lowest BCUT2D eigenvalue weighted by Gasteiger charge is -2.05. The van der Waals surface area contributed by atoms with Gasteiger partial charge in [-0.05, 0) is 43.9 Å². The molecule has 1 fully saturated rings. The predicted octanol–water partition coefficient (Wildman–Crippen LogP) is 2.26. The van der Waals surface area contributed by atoms with Crippen LogP contribution in [-0.2, 0) is 6.42 Å². The molecule has 3 rings (SSSR count). The van der Waals surface area contributed by atoms with Crippen molar-refractivity contribution in [3.63, 3.8) is 0 Å². The molecule has 1 aromatic heterocycles. The lowest BCUT2D eigenvalue weighted by Crippen LogP contribution is -2.22. The van der Waals surface area contributed by atoms with Crippen molar-refractivity contribution < 1.29 is 9.26 Å². The molecule has 90 valence electrons. The van der Waals surface area contributed by atoms with Gasteiger partial charge in [0.15, 0.2) is 5.58 Å². The number of benzene rings is 1. The summed E-state index contributed by atoms with van der Waals surface area (Å²) in [5.74, 6) is 0.829. The molecule has 2 aromatic rings. The van der Waals surface area contributed by atoms with E-state index in [4.69, 9.17) is 15.0 Å². The van der Waals surface area contributed by atoms with Crippen molar-refractivity contribution >= 4 is 11.0 Å². The fourth-order valence-corrected chi connectivity index (χ4v) is 2.05. The molecule has 0 unspecified atom stereocenters. The van der Waals surface area contributed by atoms with Crippen LogP contribution < -0.4 is 10.5 Å². The van der Waals surface area contributed by atoms with Gasteiger partial charge in [0.05, 0.1) is 12.8 Å². The van der Waals surface area contributed by atoms with E-state index in [0.29, 0.717) is 0 Å². The van der Waals surface area contributed by atoms with E-state index in [-0.39, 0.29) is 5.54 Å². The summed E-state index contributed by atoms with van der Waals surface area (Å²) in [6, 6.07) is 5.74. The Morgan fingerprint density at radius 2 is 2.29 bits per heavy atom. The molecule has 1 aliphatic carbocycles. The van der Waals surface area contributed by atoms with Crippen molar-refractivity contribution in [2.24, 2.45) is 5.73 Å². The Morgan fingerprint density at radius 3 is 3.00 bits per heavy atom. The van der Waals surface area contributed by atoms with Crippen molar-refractivity contribution in [3.8, 4) is 5.75 Å². The van der Waals surface area contributed by atoms with Gasteiger partial charge >= 0.3 is 0 Å². The number of methoxy groups -OCH3 is 1. The highest BCUT2D eigenvalue weighted by Gasteiger charge is 2.37. The lowest BCUT2D eigenvalue weighted by molar-refractivity contribution is 0.415. The average Bonchev–Trinajstić information content (AvgIpc) is 2.95. The summed E-state index contributed by atoms with van der Waals surface area (Å²) in [5.41, 5.74) is 7.93. The Morgan fingerprint density at radius 1 is 1.47 bits per heavy atom. The Labute approximate surface area is 99.7 Å². The third-order valence-electron chi connectivity index (χ3n) is 3.50. The minimum absolute atomic E-state index is 0.0597. The third-order valence-corrected chi connectivity index (χ3v) is 3.50. The van der Waals surface area contributed by atoms with Crippen LogP contribution >= 0.6 is 0 Å². The molecule has 0 saturated heterocycles. The van der Waals surface area contributed by atoms with Gasteiger partial charge in [0.1, 0.15) is 5.75 Å². The highest BCUT2D eigenvalue weighted by molar-refractivity contribution is 5.81. The molecular weight excluding hydrogens is 216 g/mol. The zero-order chi connectivity index (χ0) is 11.9. The van der Waals surface area contributed by atoms with Crippen LogP contribution in [-0.4, -0.2) is 17.8 Å². The second-order valence-electron chi connectivity index (χ2n) is 4.85. The van der Waals surface area contributed by atoms with Gasteiger partial charge < -0.3 is 15.0 Å². The smallest absolute Gasteiger partial charge is 0.167 e. The van der Waals surface area contributed by atoms with Crippen LogP contribution in [0, 0.1) is 0 Å². The molecule has 0 spiro atoms. The normalized spacial score (nSPS) is 17.3. The number of nitrogens with zero attached hydrogens (tertiary/aromatic N) is 1. The van der Waals surface area contributed by atoms with Gasteiger partial charge in [-0.2, -0.15) is 0 Å². The van der Waals surface area contributed by atoms with Crippen molar-refractivity contribution in [2.75, 3.05) is 7.11 Å². The number of fused-ring (bicyclic) bond motifs is 1. The molecule has 1 heterocycles. The van der Waals surface area contributed by atoms with Gasteiger partial charge in [0.2, 0.25) is 0 Å². The van der Waals surface area contributed by atoms with E-state index in [2.05, 4.69) is 5.16 Å². The van der Waals surface area contributed by atoms with Gasteiger partial charge in [0, 0.05) is 10.9 Å². The third kappa shape index (κ3) is 2.00. The molecule has 0 atom stereocenters. The van der Waals surface area contributed by atoms with Crippen molar-refractivity contribution in [3.05, 3.63) is 23.9 Å². The quantitative estimate of drug-likeness (QED) is 0.878. The zero-order valence-corrected chi connectivity index (χ0v) is 9.90. The summed E-state index contributed by atoms with van der Waals surface area (Å²) < 4.78 is 10.5. The van der Waals surface area contributed by atoms with Gasteiger partial charge in [-0.3, -0.25) is 0 Å². The number of nitrogens with two attached hydrogens (primary N) is 1. The SMILES string of the molecule is COc1ccc2onc(CCC3(N)CC3)c2c1. The number of rotatable bonds is 4. The van der Waals surface area contributed by atoms with Gasteiger partial charge in [-0.25, -0.2) is 0 Å². The largest absolute Gasteiger partial charge is 0.497 e. The number of aromatic nitrogens is 1. The molecule has 1 aromatic carbocycles. The van der Waals surface area contributed by atoms with Crippen molar-refractivity contribution in [1.29, 1.82) is 0 Å². The number of hydrogen-bond acceptors (Lipinski definition) is 4. The molecule has 0 aliphatic heterocycles. The molecule has 4 nitrogen and oxygen atoms in total. The molecule has 1 aliphatic rings. The van der Waals surface area contributed by atoms with Crippen LogP contribution in [0.2, 0.25) is 0 Å². The summed E-state index contributed by atoms with van der Waals surface area (Å²) in [6.45, 7) is 0. The summed E-state index contributed by atoms with van der Waals surface area (Å²) in [5, 5.41) is 5.15. The first-order valence-electron chi connectivity index (χ1n) is 5.91. The van der Waals surface area contributed by atoms with E-state index in [0.717, 1.165) is 48.1 Å².